The molecule has 0 aliphatic heterocycles. The highest BCUT2D eigenvalue weighted by molar-refractivity contribution is 5.99. The van der Waals surface area contributed by atoms with Crippen molar-refractivity contribution >= 4 is 11.8 Å². The lowest BCUT2D eigenvalue weighted by Crippen LogP contribution is -2.41. The third-order valence-corrected chi connectivity index (χ3v) is 3.15. The summed E-state index contributed by atoms with van der Waals surface area (Å²) < 4.78 is 17.9. The summed E-state index contributed by atoms with van der Waals surface area (Å²) in [7, 11) is 0. The summed E-state index contributed by atoms with van der Waals surface area (Å²) in [4.78, 5) is 23.8. The monoisotopic (exact) mass is 326 g/mol. The summed E-state index contributed by atoms with van der Waals surface area (Å²) in [6, 6.07) is 11.3. The highest BCUT2D eigenvalue weighted by Gasteiger charge is 2.10. The zero-order chi connectivity index (χ0) is 16.9. The van der Waals surface area contributed by atoms with Crippen LogP contribution in [0.3, 0.4) is 0 Å². The molecule has 0 saturated carbocycles. The van der Waals surface area contributed by atoms with Crippen molar-refractivity contribution in [2.45, 2.75) is 0 Å². The Balaban J connectivity index is 1.60. The molecule has 8 heteroatoms. The molecule has 0 atom stereocenters. The summed E-state index contributed by atoms with van der Waals surface area (Å²) in [5.41, 5.74) is 5.76. The van der Waals surface area contributed by atoms with Crippen molar-refractivity contribution in [1.82, 2.24) is 21.0 Å². The van der Waals surface area contributed by atoms with Crippen LogP contribution in [0.1, 0.15) is 20.7 Å². The van der Waals surface area contributed by atoms with E-state index in [1.165, 1.54) is 18.5 Å². The Morgan fingerprint density at radius 3 is 1.92 bits per heavy atom. The van der Waals surface area contributed by atoms with Gasteiger partial charge in [0.15, 0.2) is 0 Å². The van der Waals surface area contributed by atoms with E-state index in [1.54, 1.807) is 24.3 Å². The number of hydrogen-bond donors (Lipinski definition) is 2. The third-order valence-electron chi connectivity index (χ3n) is 3.15. The van der Waals surface area contributed by atoms with Gasteiger partial charge in [-0.2, -0.15) is 0 Å². The van der Waals surface area contributed by atoms with Crippen LogP contribution in [0.5, 0.6) is 0 Å². The second kappa shape index (κ2) is 6.69. The van der Waals surface area contributed by atoms with Crippen LogP contribution in [0.2, 0.25) is 0 Å². The molecule has 0 aliphatic carbocycles. The predicted molar refractivity (Wildman–Crippen MR) is 81.1 cm³/mol. The van der Waals surface area contributed by atoms with Gasteiger partial charge < -0.3 is 4.42 Å². The molecule has 120 valence electrons. The van der Waals surface area contributed by atoms with Gasteiger partial charge in [-0.1, -0.05) is 0 Å². The van der Waals surface area contributed by atoms with Crippen molar-refractivity contribution in [3.8, 4) is 11.5 Å². The molecule has 2 N–H and O–H groups in total. The highest BCUT2D eigenvalue weighted by Crippen LogP contribution is 2.16. The summed E-state index contributed by atoms with van der Waals surface area (Å²) in [6.45, 7) is 0. The van der Waals surface area contributed by atoms with Crippen LogP contribution in [0, 0.1) is 5.82 Å². The number of benzene rings is 2. The van der Waals surface area contributed by atoms with Crippen LogP contribution < -0.4 is 10.9 Å². The molecule has 24 heavy (non-hydrogen) atoms. The van der Waals surface area contributed by atoms with Crippen molar-refractivity contribution < 1.29 is 18.4 Å². The van der Waals surface area contributed by atoms with E-state index < -0.39 is 17.6 Å². The second-order valence-corrected chi connectivity index (χ2v) is 4.74. The molecule has 0 bridgehead atoms. The largest absolute Gasteiger partial charge is 0.423 e. The molecule has 7 nitrogen and oxygen atoms in total. The van der Waals surface area contributed by atoms with Crippen molar-refractivity contribution in [3.05, 3.63) is 71.9 Å². The van der Waals surface area contributed by atoms with Crippen molar-refractivity contribution in [2.24, 2.45) is 0 Å². The first-order valence-corrected chi connectivity index (χ1v) is 6.86. The minimum atomic E-state index is -0.550. The maximum atomic E-state index is 12.8. The van der Waals surface area contributed by atoms with Gasteiger partial charge in [-0.3, -0.25) is 20.4 Å². The number of nitrogens with one attached hydrogen (secondary N) is 2. The molecule has 0 unspecified atom stereocenters. The third kappa shape index (κ3) is 3.43. The Labute approximate surface area is 135 Å². The first-order chi connectivity index (χ1) is 11.6. The fraction of sp³-hybridized carbons (Fsp3) is 0. The lowest BCUT2D eigenvalue weighted by molar-refractivity contribution is 0.0846. The van der Waals surface area contributed by atoms with Crippen molar-refractivity contribution in [2.75, 3.05) is 0 Å². The summed E-state index contributed by atoms with van der Waals surface area (Å²) in [5, 5.41) is 7.33. The van der Waals surface area contributed by atoms with E-state index in [0.717, 1.165) is 12.1 Å². The van der Waals surface area contributed by atoms with Crippen LogP contribution in [-0.2, 0) is 0 Å². The standard InChI is InChI=1S/C16H11FN4O3/c17-13-7-5-11(6-8-13)15(23)20-19-14(22)10-1-3-12(4-2-10)16-21-18-9-24-16/h1-9H,(H,19,22)(H,20,23). The molecule has 0 saturated heterocycles. The van der Waals surface area contributed by atoms with Crippen molar-refractivity contribution in [1.29, 1.82) is 0 Å². The number of hydrazine groups is 1. The van der Waals surface area contributed by atoms with Crippen LogP contribution in [0.25, 0.3) is 11.5 Å². The van der Waals surface area contributed by atoms with Gasteiger partial charge in [0.25, 0.3) is 11.8 Å². The number of carbonyl (C=O) groups is 2. The Morgan fingerprint density at radius 1 is 0.875 bits per heavy atom. The number of aromatic nitrogens is 2. The van der Waals surface area contributed by atoms with Gasteiger partial charge in [-0.05, 0) is 48.5 Å². The molecule has 2 amide bonds. The van der Waals surface area contributed by atoms with E-state index in [4.69, 9.17) is 4.42 Å². The van der Waals surface area contributed by atoms with Gasteiger partial charge in [0, 0.05) is 16.7 Å². The molecule has 2 aromatic carbocycles. The summed E-state index contributed by atoms with van der Waals surface area (Å²) >= 11 is 0. The number of hydrogen-bond acceptors (Lipinski definition) is 5. The summed E-state index contributed by atoms with van der Waals surface area (Å²) in [6.07, 6.45) is 1.21. The van der Waals surface area contributed by atoms with E-state index in [2.05, 4.69) is 21.0 Å². The molecule has 0 fully saturated rings. The Kier molecular flexibility index (Phi) is 4.28. The molecule has 1 aromatic heterocycles. The first-order valence-electron chi connectivity index (χ1n) is 6.86. The number of rotatable bonds is 3. The smallest absolute Gasteiger partial charge is 0.269 e. The zero-order valence-corrected chi connectivity index (χ0v) is 12.2. The number of carbonyl (C=O) groups excluding carboxylic acids is 2. The summed E-state index contributed by atoms with van der Waals surface area (Å²) in [5.74, 6) is -1.16. The topological polar surface area (TPSA) is 97.1 Å². The van der Waals surface area contributed by atoms with E-state index in [9.17, 15) is 14.0 Å². The molecule has 0 spiro atoms. The van der Waals surface area contributed by atoms with Crippen LogP contribution >= 0.6 is 0 Å². The number of nitrogens with zero attached hydrogens (tertiary/aromatic N) is 2. The first kappa shape index (κ1) is 15.3. The van der Waals surface area contributed by atoms with E-state index in [0.29, 0.717) is 17.0 Å². The minimum Gasteiger partial charge on any atom is -0.423 e. The molecule has 1 heterocycles. The van der Waals surface area contributed by atoms with Gasteiger partial charge in [0.2, 0.25) is 12.3 Å². The van der Waals surface area contributed by atoms with E-state index in [1.807, 2.05) is 0 Å². The van der Waals surface area contributed by atoms with Crippen LogP contribution in [-0.4, -0.2) is 22.0 Å². The normalized spacial score (nSPS) is 10.2. The van der Waals surface area contributed by atoms with E-state index in [-0.39, 0.29) is 5.56 Å². The number of amides is 2. The average molecular weight is 326 g/mol. The SMILES string of the molecule is O=C(NNC(=O)c1ccc(-c2nnco2)cc1)c1ccc(F)cc1. The lowest BCUT2D eigenvalue weighted by Gasteiger charge is -2.07. The molecular formula is C16H11FN4O3. The molecule has 3 rings (SSSR count). The average Bonchev–Trinajstić information content (AvgIpc) is 3.15. The quantitative estimate of drug-likeness (QED) is 0.717. The Morgan fingerprint density at radius 2 is 1.42 bits per heavy atom. The maximum absolute atomic E-state index is 12.8. The van der Waals surface area contributed by atoms with Gasteiger partial charge in [-0.15, -0.1) is 10.2 Å². The van der Waals surface area contributed by atoms with E-state index >= 15 is 0 Å². The fourth-order valence-electron chi connectivity index (χ4n) is 1.92. The number of halogens is 1. The maximum Gasteiger partial charge on any atom is 0.269 e. The predicted octanol–water partition coefficient (Wildman–Crippen LogP) is 1.95. The zero-order valence-electron chi connectivity index (χ0n) is 12.2. The van der Waals surface area contributed by atoms with Crippen molar-refractivity contribution in [3.63, 3.8) is 0 Å². The molecular weight excluding hydrogens is 315 g/mol. The molecule has 0 aliphatic rings. The molecule has 3 aromatic rings. The Hall–Kier alpha value is -3.55. The second-order valence-electron chi connectivity index (χ2n) is 4.74. The fourth-order valence-corrected chi connectivity index (χ4v) is 1.92. The van der Waals surface area contributed by atoms with Gasteiger partial charge in [0.1, 0.15) is 5.82 Å². The highest BCUT2D eigenvalue weighted by atomic mass is 19.1. The minimum absolute atomic E-state index is 0.225. The van der Waals surface area contributed by atoms with Crippen LogP contribution in [0.4, 0.5) is 4.39 Å². The Bertz CT molecular complexity index is 846. The van der Waals surface area contributed by atoms with Gasteiger partial charge in [-0.25, -0.2) is 4.39 Å². The molecule has 0 radical (unpaired) electrons. The lowest BCUT2D eigenvalue weighted by atomic mass is 10.1. The van der Waals surface area contributed by atoms with Gasteiger partial charge >= 0.3 is 0 Å². The van der Waals surface area contributed by atoms with Crippen LogP contribution in [0.15, 0.2) is 59.3 Å². The van der Waals surface area contributed by atoms with Gasteiger partial charge in [0.05, 0.1) is 0 Å².